The summed E-state index contributed by atoms with van der Waals surface area (Å²) in [4.78, 5) is 6.48. The molecule has 0 radical (unpaired) electrons. The summed E-state index contributed by atoms with van der Waals surface area (Å²) >= 11 is 0. The molecular weight excluding hydrogens is 384 g/mol. The van der Waals surface area contributed by atoms with Crippen LogP contribution >= 0.6 is 24.0 Å². The molecule has 0 aromatic heterocycles. The number of aliphatic hydroxyl groups excluding tert-OH is 1. The van der Waals surface area contributed by atoms with Crippen LogP contribution in [0.4, 0.5) is 4.39 Å². The average molecular weight is 409 g/mol. The van der Waals surface area contributed by atoms with E-state index < -0.39 is 0 Å². The summed E-state index contributed by atoms with van der Waals surface area (Å²) in [6.45, 7) is 6.10. The molecule has 6 heteroatoms. The molecule has 4 nitrogen and oxygen atoms in total. The first kappa shape index (κ1) is 20.1. The van der Waals surface area contributed by atoms with Gasteiger partial charge in [0.1, 0.15) is 5.82 Å². The first-order chi connectivity index (χ1) is 9.56. The maximum Gasteiger partial charge on any atom is 0.193 e. The van der Waals surface area contributed by atoms with E-state index in [1.54, 1.807) is 12.1 Å². The summed E-state index contributed by atoms with van der Waals surface area (Å²) < 4.78 is 12.9. The lowest BCUT2D eigenvalue weighted by Crippen LogP contribution is -2.38. The van der Waals surface area contributed by atoms with Crippen molar-refractivity contribution in [1.29, 1.82) is 0 Å². The Morgan fingerprint density at radius 3 is 2.52 bits per heavy atom. The van der Waals surface area contributed by atoms with E-state index in [0.29, 0.717) is 13.1 Å². The van der Waals surface area contributed by atoms with E-state index in [4.69, 9.17) is 5.11 Å². The van der Waals surface area contributed by atoms with Crippen molar-refractivity contribution in [1.82, 2.24) is 10.2 Å². The van der Waals surface area contributed by atoms with E-state index >= 15 is 0 Å². The van der Waals surface area contributed by atoms with Crippen molar-refractivity contribution in [2.75, 3.05) is 26.7 Å². The van der Waals surface area contributed by atoms with Crippen LogP contribution in [0.25, 0.3) is 0 Å². The second kappa shape index (κ2) is 10.8. The Kier molecular flexibility index (Phi) is 10.3. The minimum atomic E-state index is -0.228. The summed E-state index contributed by atoms with van der Waals surface area (Å²) in [5, 5.41) is 12.3. The van der Waals surface area contributed by atoms with Gasteiger partial charge in [-0.05, 0) is 30.5 Å². The second-order valence-corrected chi connectivity index (χ2v) is 4.96. The lowest BCUT2D eigenvalue weighted by molar-refractivity contribution is 0.241. The average Bonchev–Trinajstić information content (AvgIpc) is 2.45. The minimum absolute atomic E-state index is 0. The van der Waals surface area contributed by atoms with Crippen LogP contribution in [0.1, 0.15) is 19.4 Å². The van der Waals surface area contributed by atoms with Crippen molar-refractivity contribution in [2.45, 2.75) is 20.4 Å². The fourth-order valence-electron chi connectivity index (χ4n) is 1.71. The van der Waals surface area contributed by atoms with Crippen molar-refractivity contribution < 1.29 is 9.50 Å². The molecule has 0 bridgehead atoms. The summed E-state index contributed by atoms with van der Waals surface area (Å²) in [6, 6.07) is 6.46. The number of hydrogen-bond donors (Lipinski definition) is 2. The summed E-state index contributed by atoms with van der Waals surface area (Å²) in [5.74, 6) is 0.703. The fourth-order valence-corrected chi connectivity index (χ4v) is 1.71. The molecule has 1 rings (SSSR count). The molecule has 0 fully saturated rings. The van der Waals surface area contributed by atoms with Crippen LogP contribution in [0.2, 0.25) is 0 Å². The minimum Gasteiger partial charge on any atom is -0.396 e. The maximum absolute atomic E-state index is 12.9. The van der Waals surface area contributed by atoms with Crippen LogP contribution in [-0.2, 0) is 6.54 Å². The number of benzene rings is 1. The number of hydrogen-bond acceptors (Lipinski definition) is 2. The molecule has 0 amide bonds. The number of halogens is 2. The second-order valence-electron chi connectivity index (χ2n) is 4.96. The Morgan fingerprint density at radius 2 is 2.00 bits per heavy atom. The Hall–Kier alpha value is -0.890. The Labute approximate surface area is 143 Å². The van der Waals surface area contributed by atoms with Crippen molar-refractivity contribution in [2.24, 2.45) is 10.9 Å². The van der Waals surface area contributed by atoms with Crippen LogP contribution in [0.5, 0.6) is 0 Å². The highest BCUT2D eigenvalue weighted by molar-refractivity contribution is 14.0. The molecule has 0 saturated heterocycles. The highest BCUT2D eigenvalue weighted by Gasteiger charge is 2.07. The smallest absolute Gasteiger partial charge is 0.193 e. The normalized spacial score (nSPS) is 12.5. The maximum atomic E-state index is 12.9. The van der Waals surface area contributed by atoms with Gasteiger partial charge in [-0.1, -0.05) is 19.1 Å². The molecule has 0 aliphatic rings. The van der Waals surface area contributed by atoms with Gasteiger partial charge in [-0.15, -0.1) is 24.0 Å². The first-order valence-electron chi connectivity index (χ1n) is 6.91. The van der Waals surface area contributed by atoms with E-state index in [-0.39, 0.29) is 42.3 Å². The number of aliphatic hydroxyl groups is 1. The first-order valence-corrected chi connectivity index (χ1v) is 6.91. The van der Waals surface area contributed by atoms with Gasteiger partial charge in [0.05, 0.1) is 0 Å². The summed E-state index contributed by atoms with van der Waals surface area (Å²) in [7, 11) is 1.94. The Morgan fingerprint density at radius 1 is 1.38 bits per heavy atom. The zero-order valence-corrected chi connectivity index (χ0v) is 15.2. The molecule has 1 aromatic carbocycles. The molecular formula is C15H25FIN3O. The highest BCUT2D eigenvalue weighted by atomic mass is 127. The quantitative estimate of drug-likeness (QED) is 0.431. The largest absolute Gasteiger partial charge is 0.396 e. The third-order valence-electron chi connectivity index (χ3n) is 2.89. The SMILES string of the molecule is CCNC(=NCC(C)CO)N(C)Cc1ccc(F)cc1.I. The van der Waals surface area contributed by atoms with Gasteiger partial charge >= 0.3 is 0 Å². The van der Waals surface area contributed by atoms with Gasteiger partial charge in [0.25, 0.3) is 0 Å². The molecule has 0 aliphatic carbocycles. The van der Waals surface area contributed by atoms with E-state index in [0.717, 1.165) is 18.1 Å². The van der Waals surface area contributed by atoms with Gasteiger partial charge in [0, 0.05) is 33.3 Å². The number of nitrogens with one attached hydrogen (secondary N) is 1. The van der Waals surface area contributed by atoms with Crippen LogP contribution in [0, 0.1) is 11.7 Å². The number of aliphatic imine (C=N–C) groups is 1. The predicted octanol–water partition coefficient (Wildman–Crippen LogP) is 2.47. The number of nitrogens with zero attached hydrogens (tertiary/aromatic N) is 2. The van der Waals surface area contributed by atoms with Crippen LogP contribution in [0.15, 0.2) is 29.3 Å². The van der Waals surface area contributed by atoms with E-state index in [2.05, 4.69) is 10.3 Å². The van der Waals surface area contributed by atoms with Crippen LogP contribution < -0.4 is 5.32 Å². The lowest BCUT2D eigenvalue weighted by Gasteiger charge is -2.22. The zero-order valence-electron chi connectivity index (χ0n) is 12.8. The molecule has 120 valence electrons. The Balaban J connectivity index is 0.00000400. The summed E-state index contributed by atoms with van der Waals surface area (Å²) in [5.41, 5.74) is 1.02. The van der Waals surface area contributed by atoms with Gasteiger partial charge in [-0.2, -0.15) is 0 Å². The fraction of sp³-hybridized carbons (Fsp3) is 0.533. The molecule has 0 spiro atoms. The monoisotopic (exact) mass is 409 g/mol. The van der Waals surface area contributed by atoms with Crippen LogP contribution in [-0.4, -0.2) is 42.7 Å². The molecule has 0 heterocycles. The molecule has 1 aromatic rings. The van der Waals surface area contributed by atoms with Gasteiger partial charge in [-0.3, -0.25) is 4.99 Å². The topological polar surface area (TPSA) is 47.9 Å². The molecule has 0 aliphatic heterocycles. The van der Waals surface area contributed by atoms with Crippen molar-refractivity contribution in [3.8, 4) is 0 Å². The van der Waals surface area contributed by atoms with Crippen LogP contribution in [0.3, 0.4) is 0 Å². The van der Waals surface area contributed by atoms with Gasteiger partial charge in [-0.25, -0.2) is 4.39 Å². The van der Waals surface area contributed by atoms with E-state index in [1.807, 2.05) is 25.8 Å². The lowest BCUT2D eigenvalue weighted by atomic mass is 10.2. The molecule has 1 atom stereocenters. The molecule has 21 heavy (non-hydrogen) atoms. The van der Waals surface area contributed by atoms with E-state index in [1.165, 1.54) is 12.1 Å². The molecule has 1 unspecified atom stereocenters. The van der Waals surface area contributed by atoms with Gasteiger partial charge in [0.15, 0.2) is 5.96 Å². The van der Waals surface area contributed by atoms with Gasteiger partial charge < -0.3 is 15.3 Å². The molecule has 0 saturated carbocycles. The van der Waals surface area contributed by atoms with Crippen molar-refractivity contribution in [3.05, 3.63) is 35.6 Å². The zero-order chi connectivity index (χ0) is 15.0. The Bertz CT molecular complexity index is 425. The third kappa shape index (κ3) is 7.61. The third-order valence-corrected chi connectivity index (χ3v) is 2.89. The number of guanidine groups is 1. The van der Waals surface area contributed by atoms with E-state index in [9.17, 15) is 4.39 Å². The summed E-state index contributed by atoms with van der Waals surface area (Å²) in [6.07, 6.45) is 0. The van der Waals surface area contributed by atoms with Gasteiger partial charge in [0.2, 0.25) is 0 Å². The van der Waals surface area contributed by atoms with Crippen molar-refractivity contribution in [3.63, 3.8) is 0 Å². The number of rotatable bonds is 6. The standard InChI is InChI=1S/C15H24FN3O.HI/c1-4-17-15(18-9-12(2)11-20)19(3)10-13-5-7-14(16)8-6-13;/h5-8,12,20H,4,9-11H2,1-3H3,(H,17,18);1H. The predicted molar refractivity (Wildman–Crippen MR) is 95.5 cm³/mol. The molecule has 2 N–H and O–H groups in total. The highest BCUT2D eigenvalue weighted by Crippen LogP contribution is 2.06. The van der Waals surface area contributed by atoms with Crippen molar-refractivity contribution >= 4 is 29.9 Å².